The highest BCUT2D eigenvalue weighted by Crippen LogP contribution is 2.24. The van der Waals surface area contributed by atoms with Gasteiger partial charge in [0.25, 0.3) is 0 Å². The van der Waals surface area contributed by atoms with Crippen LogP contribution >= 0.6 is 0 Å². The molecule has 0 bridgehead atoms. The van der Waals surface area contributed by atoms with Gasteiger partial charge in [0, 0.05) is 12.1 Å². The standard InChI is InChI=1S/C15H30N2/c1-2-16-14-10-12-17(13-11-14)15-8-6-4-3-5-7-9-15/h14-16H,2-13H2,1H3. The summed E-state index contributed by atoms with van der Waals surface area (Å²) in [6, 6.07) is 1.71. The first-order valence-corrected chi connectivity index (χ1v) is 7.87. The molecule has 0 radical (unpaired) electrons. The van der Waals surface area contributed by atoms with E-state index in [0.717, 1.165) is 18.6 Å². The van der Waals surface area contributed by atoms with E-state index in [1.807, 2.05) is 0 Å². The Kier molecular flexibility index (Phi) is 5.79. The number of hydrogen-bond acceptors (Lipinski definition) is 2. The van der Waals surface area contributed by atoms with Crippen LogP contribution in [0.15, 0.2) is 0 Å². The van der Waals surface area contributed by atoms with E-state index in [9.17, 15) is 0 Å². The van der Waals surface area contributed by atoms with E-state index in [4.69, 9.17) is 0 Å². The Morgan fingerprint density at radius 1 is 0.882 bits per heavy atom. The summed E-state index contributed by atoms with van der Waals surface area (Å²) in [4.78, 5) is 2.79. The molecule has 1 saturated carbocycles. The lowest BCUT2D eigenvalue weighted by molar-refractivity contribution is 0.123. The zero-order chi connectivity index (χ0) is 11.9. The summed E-state index contributed by atoms with van der Waals surface area (Å²) in [6.07, 6.45) is 13.0. The lowest BCUT2D eigenvalue weighted by Gasteiger charge is -2.38. The van der Waals surface area contributed by atoms with Gasteiger partial charge in [0.15, 0.2) is 0 Å². The van der Waals surface area contributed by atoms with Crippen LogP contribution in [0.5, 0.6) is 0 Å². The van der Waals surface area contributed by atoms with Crippen LogP contribution in [0.4, 0.5) is 0 Å². The summed E-state index contributed by atoms with van der Waals surface area (Å²) in [7, 11) is 0. The van der Waals surface area contributed by atoms with Crippen molar-refractivity contribution >= 4 is 0 Å². The van der Waals surface area contributed by atoms with Crippen LogP contribution in [-0.2, 0) is 0 Å². The highest BCUT2D eigenvalue weighted by atomic mass is 15.2. The normalized spacial score (nSPS) is 26.6. The van der Waals surface area contributed by atoms with Crippen molar-refractivity contribution in [3.05, 3.63) is 0 Å². The smallest absolute Gasteiger partial charge is 0.00952 e. The fraction of sp³-hybridized carbons (Fsp3) is 1.00. The number of piperidine rings is 1. The van der Waals surface area contributed by atoms with Gasteiger partial charge in [-0.05, 0) is 45.3 Å². The Bertz CT molecular complexity index is 189. The minimum Gasteiger partial charge on any atom is -0.314 e. The van der Waals surface area contributed by atoms with Gasteiger partial charge in [-0.2, -0.15) is 0 Å². The minimum absolute atomic E-state index is 0.796. The van der Waals surface area contributed by atoms with Gasteiger partial charge in [0.05, 0.1) is 0 Å². The molecule has 2 heteroatoms. The molecule has 1 N–H and O–H groups in total. The van der Waals surface area contributed by atoms with E-state index in [1.54, 1.807) is 0 Å². The van der Waals surface area contributed by atoms with E-state index in [-0.39, 0.29) is 0 Å². The predicted octanol–water partition coefficient (Wildman–Crippen LogP) is 3.17. The van der Waals surface area contributed by atoms with E-state index in [0.29, 0.717) is 0 Å². The highest BCUT2D eigenvalue weighted by molar-refractivity contribution is 4.82. The zero-order valence-electron chi connectivity index (χ0n) is 11.6. The van der Waals surface area contributed by atoms with Gasteiger partial charge < -0.3 is 10.2 Å². The molecular formula is C15H30N2. The molecule has 0 aromatic rings. The lowest BCUT2D eigenvalue weighted by Crippen LogP contribution is -2.46. The number of nitrogens with zero attached hydrogens (tertiary/aromatic N) is 1. The third-order valence-electron chi connectivity index (χ3n) is 4.61. The van der Waals surface area contributed by atoms with E-state index in [1.165, 1.54) is 70.9 Å². The first-order valence-electron chi connectivity index (χ1n) is 7.87. The SMILES string of the molecule is CCNC1CCN(C2CCCCCCC2)CC1. The van der Waals surface area contributed by atoms with Crippen molar-refractivity contribution in [2.75, 3.05) is 19.6 Å². The van der Waals surface area contributed by atoms with Crippen molar-refractivity contribution in [1.82, 2.24) is 10.2 Å². The maximum absolute atomic E-state index is 3.60. The number of nitrogens with one attached hydrogen (secondary N) is 1. The van der Waals surface area contributed by atoms with Gasteiger partial charge in [-0.25, -0.2) is 0 Å². The summed E-state index contributed by atoms with van der Waals surface area (Å²) in [6.45, 7) is 6.03. The second kappa shape index (κ2) is 7.38. The number of rotatable bonds is 3. The van der Waals surface area contributed by atoms with Crippen LogP contribution in [-0.4, -0.2) is 36.6 Å². The highest BCUT2D eigenvalue weighted by Gasteiger charge is 2.24. The maximum Gasteiger partial charge on any atom is 0.00952 e. The molecule has 2 nitrogen and oxygen atoms in total. The second-order valence-electron chi connectivity index (χ2n) is 5.87. The van der Waals surface area contributed by atoms with Gasteiger partial charge in [-0.1, -0.05) is 39.0 Å². The second-order valence-corrected chi connectivity index (χ2v) is 5.87. The van der Waals surface area contributed by atoms with Crippen molar-refractivity contribution in [2.24, 2.45) is 0 Å². The Morgan fingerprint density at radius 2 is 1.47 bits per heavy atom. The molecule has 0 atom stereocenters. The van der Waals surface area contributed by atoms with E-state index < -0.39 is 0 Å². The fourth-order valence-electron chi connectivity index (χ4n) is 3.56. The summed E-state index contributed by atoms with van der Waals surface area (Å²) in [5.74, 6) is 0. The summed E-state index contributed by atoms with van der Waals surface area (Å²) in [5, 5.41) is 3.60. The van der Waals surface area contributed by atoms with Gasteiger partial charge in [-0.3, -0.25) is 0 Å². The lowest BCUT2D eigenvalue weighted by atomic mass is 9.93. The van der Waals surface area contributed by atoms with Crippen molar-refractivity contribution in [3.63, 3.8) is 0 Å². The zero-order valence-corrected chi connectivity index (χ0v) is 11.6. The molecular weight excluding hydrogens is 208 g/mol. The van der Waals surface area contributed by atoms with E-state index >= 15 is 0 Å². The van der Waals surface area contributed by atoms with Crippen molar-refractivity contribution in [1.29, 1.82) is 0 Å². The Labute approximate surface area is 107 Å². The summed E-state index contributed by atoms with van der Waals surface area (Å²) >= 11 is 0. The fourth-order valence-corrected chi connectivity index (χ4v) is 3.56. The van der Waals surface area contributed by atoms with Crippen LogP contribution in [0, 0.1) is 0 Å². The average molecular weight is 238 g/mol. The van der Waals surface area contributed by atoms with Crippen LogP contribution in [0.3, 0.4) is 0 Å². The minimum atomic E-state index is 0.796. The Hall–Kier alpha value is -0.0800. The monoisotopic (exact) mass is 238 g/mol. The number of likely N-dealkylation sites (tertiary alicyclic amines) is 1. The Balaban J connectivity index is 1.74. The molecule has 1 aliphatic carbocycles. The summed E-state index contributed by atoms with van der Waals surface area (Å²) < 4.78 is 0. The first kappa shape index (κ1) is 13.4. The molecule has 2 fully saturated rings. The number of hydrogen-bond donors (Lipinski definition) is 1. The van der Waals surface area contributed by atoms with E-state index in [2.05, 4.69) is 17.1 Å². The van der Waals surface area contributed by atoms with Crippen LogP contribution in [0.1, 0.15) is 64.7 Å². The quantitative estimate of drug-likeness (QED) is 0.812. The van der Waals surface area contributed by atoms with Gasteiger partial charge in [0.1, 0.15) is 0 Å². The van der Waals surface area contributed by atoms with Crippen molar-refractivity contribution in [2.45, 2.75) is 76.8 Å². The first-order chi connectivity index (χ1) is 8.40. The molecule has 100 valence electrons. The molecule has 0 amide bonds. The molecule has 0 aromatic carbocycles. The molecule has 1 saturated heterocycles. The third-order valence-corrected chi connectivity index (χ3v) is 4.61. The average Bonchev–Trinajstić information content (AvgIpc) is 2.30. The van der Waals surface area contributed by atoms with Gasteiger partial charge in [0.2, 0.25) is 0 Å². The molecule has 2 aliphatic rings. The van der Waals surface area contributed by atoms with Crippen LogP contribution in [0.2, 0.25) is 0 Å². The maximum atomic E-state index is 3.60. The Morgan fingerprint density at radius 3 is 2.06 bits per heavy atom. The van der Waals surface area contributed by atoms with Crippen molar-refractivity contribution in [3.8, 4) is 0 Å². The van der Waals surface area contributed by atoms with Crippen molar-refractivity contribution < 1.29 is 0 Å². The van der Waals surface area contributed by atoms with Gasteiger partial charge in [-0.15, -0.1) is 0 Å². The molecule has 1 heterocycles. The molecule has 0 unspecified atom stereocenters. The molecule has 1 aliphatic heterocycles. The van der Waals surface area contributed by atoms with Crippen LogP contribution < -0.4 is 5.32 Å². The predicted molar refractivity (Wildman–Crippen MR) is 74.4 cm³/mol. The molecule has 17 heavy (non-hydrogen) atoms. The van der Waals surface area contributed by atoms with Crippen LogP contribution in [0.25, 0.3) is 0 Å². The molecule has 2 rings (SSSR count). The largest absolute Gasteiger partial charge is 0.314 e. The summed E-state index contributed by atoms with van der Waals surface area (Å²) in [5.41, 5.74) is 0. The third kappa shape index (κ3) is 4.26. The molecule has 0 spiro atoms. The van der Waals surface area contributed by atoms with Gasteiger partial charge >= 0.3 is 0 Å². The molecule has 0 aromatic heterocycles. The topological polar surface area (TPSA) is 15.3 Å².